The second-order valence-electron chi connectivity index (χ2n) is 6.64. The first-order chi connectivity index (χ1) is 13.7. The highest BCUT2D eigenvalue weighted by molar-refractivity contribution is 14.0. The highest BCUT2D eigenvalue weighted by Crippen LogP contribution is 2.11. The first kappa shape index (κ1) is 25.5. The smallest absolute Gasteiger partial charge is 0.409 e. The quantitative estimate of drug-likeness (QED) is 0.213. The normalized spacial score (nSPS) is 15.0. The Bertz CT molecular complexity index is 575. The lowest BCUT2D eigenvalue weighted by molar-refractivity contribution is 0.0963. The fraction of sp³-hybridized carbons (Fsp3) is 0.700. The molecule has 0 radical (unpaired) electrons. The molecule has 1 amide bonds. The molecule has 0 bridgehead atoms. The number of likely N-dealkylation sites (tertiary alicyclic amines) is 1. The number of hydrogen-bond donors (Lipinski definition) is 2. The molecule has 0 spiro atoms. The van der Waals surface area contributed by atoms with Crippen molar-refractivity contribution < 1.29 is 18.7 Å². The van der Waals surface area contributed by atoms with Gasteiger partial charge in [0.1, 0.15) is 5.76 Å². The Hall–Kier alpha value is -1.49. The number of amides is 1. The van der Waals surface area contributed by atoms with Crippen LogP contribution >= 0.6 is 24.0 Å². The summed E-state index contributed by atoms with van der Waals surface area (Å²) in [7, 11) is 0. The van der Waals surface area contributed by atoms with E-state index in [1.54, 1.807) is 11.2 Å². The molecule has 8 nitrogen and oxygen atoms in total. The summed E-state index contributed by atoms with van der Waals surface area (Å²) in [5.41, 5.74) is 0. The van der Waals surface area contributed by atoms with E-state index in [9.17, 15) is 4.79 Å². The van der Waals surface area contributed by atoms with Gasteiger partial charge in [-0.15, -0.1) is 24.0 Å². The van der Waals surface area contributed by atoms with Gasteiger partial charge in [-0.3, -0.25) is 4.99 Å². The summed E-state index contributed by atoms with van der Waals surface area (Å²) < 4.78 is 15.8. The van der Waals surface area contributed by atoms with E-state index in [-0.39, 0.29) is 36.1 Å². The Morgan fingerprint density at radius 2 is 2.10 bits per heavy atom. The summed E-state index contributed by atoms with van der Waals surface area (Å²) in [4.78, 5) is 18.3. The van der Waals surface area contributed by atoms with Crippen LogP contribution in [0.4, 0.5) is 4.79 Å². The molecular formula is C20H35IN4O4. The van der Waals surface area contributed by atoms with Crippen molar-refractivity contribution in [1.82, 2.24) is 15.5 Å². The lowest BCUT2D eigenvalue weighted by Gasteiger charge is -2.32. The summed E-state index contributed by atoms with van der Waals surface area (Å²) >= 11 is 0. The van der Waals surface area contributed by atoms with Gasteiger partial charge >= 0.3 is 6.09 Å². The molecule has 29 heavy (non-hydrogen) atoms. The van der Waals surface area contributed by atoms with Gasteiger partial charge in [0, 0.05) is 51.9 Å². The second kappa shape index (κ2) is 15.4. The first-order valence-electron chi connectivity index (χ1n) is 10.3. The van der Waals surface area contributed by atoms with Crippen molar-refractivity contribution in [1.29, 1.82) is 0 Å². The van der Waals surface area contributed by atoms with Gasteiger partial charge in [0.25, 0.3) is 0 Å². The SMILES string of the molecule is CCOCCCN=C(NCCc1ccco1)NC1CCN(C(=O)OCC)CC1.I. The molecule has 166 valence electrons. The first-order valence-corrected chi connectivity index (χ1v) is 10.3. The number of furan rings is 1. The van der Waals surface area contributed by atoms with E-state index in [2.05, 4.69) is 15.6 Å². The van der Waals surface area contributed by atoms with E-state index in [1.165, 1.54) is 0 Å². The molecule has 0 saturated carbocycles. The molecule has 0 aromatic carbocycles. The van der Waals surface area contributed by atoms with Gasteiger partial charge in [0.2, 0.25) is 0 Å². The highest BCUT2D eigenvalue weighted by atomic mass is 127. The Kier molecular flexibility index (Phi) is 13.5. The number of piperidine rings is 1. The number of ether oxygens (including phenoxy) is 2. The van der Waals surface area contributed by atoms with Crippen LogP contribution < -0.4 is 10.6 Å². The molecular weight excluding hydrogens is 487 g/mol. The van der Waals surface area contributed by atoms with Crippen LogP contribution in [0.3, 0.4) is 0 Å². The molecule has 9 heteroatoms. The largest absolute Gasteiger partial charge is 0.469 e. The summed E-state index contributed by atoms with van der Waals surface area (Å²) in [5, 5.41) is 6.89. The molecule has 1 aliphatic rings. The summed E-state index contributed by atoms with van der Waals surface area (Å²) in [6.45, 7) is 8.53. The van der Waals surface area contributed by atoms with Gasteiger partial charge in [-0.1, -0.05) is 0 Å². The van der Waals surface area contributed by atoms with E-state index in [1.807, 2.05) is 26.0 Å². The van der Waals surface area contributed by atoms with Gasteiger partial charge in [-0.25, -0.2) is 4.79 Å². The fourth-order valence-electron chi connectivity index (χ4n) is 3.03. The van der Waals surface area contributed by atoms with Gasteiger partial charge in [0.15, 0.2) is 5.96 Å². The number of carbonyl (C=O) groups is 1. The third-order valence-corrected chi connectivity index (χ3v) is 4.53. The zero-order valence-electron chi connectivity index (χ0n) is 17.5. The van der Waals surface area contributed by atoms with E-state index in [0.29, 0.717) is 26.2 Å². The van der Waals surface area contributed by atoms with Crippen LogP contribution in [0.25, 0.3) is 0 Å². The predicted molar refractivity (Wildman–Crippen MR) is 124 cm³/mol. The number of aliphatic imine (C=N–C) groups is 1. The van der Waals surface area contributed by atoms with E-state index in [0.717, 1.165) is 57.2 Å². The lowest BCUT2D eigenvalue weighted by Crippen LogP contribution is -2.50. The summed E-state index contributed by atoms with van der Waals surface area (Å²) in [6, 6.07) is 4.15. The minimum absolute atomic E-state index is 0. The van der Waals surface area contributed by atoms with Crippen molar-refractivity contribution in [2.45, 2.75) is 45.6 Å². The average Bonchev–Trinajstić information content (AvgIpc) is 3.22. The topological polar surface area (TPSA) is 88.3 Å². The van der Waals surface area contributed by atoms with Crippen molar-refractivity contribution in [3.63, 3.8) is 0 Å². The Balaban J connectivity index is 0.00000420. The predicted octanol–water partition coefficient (Wildman–Crippen LogP) is 3.02. The van der Waals surface area contributed by atoms with Crippen LogP contribution in [-0.2, 0) is 15.9 Å². The van der Waals surface area contributed by atoms with E-state index < -0.39 is 0 Å². The number of rotatable bonds is 10. The van der Waals surface area contributed by atoms with Gasteiger partial charge in [-0.05, 0) is 45.2 Å². The minimum Gasteiger partial charge on any atom is -0.469 e. The second-order valence-corrected chi connectivity index (χ2v) is 6.64. The summed E-state index contributed by atoms with van der Waals surface area (Å²) in [6.07, 6.45) is 4.90. The highest BCUT2D eigenvalue weighted by Gasteiger charge is 2.24. The molecule has 1 fully saturated rings. The van der Waals surface area contributed by atoms with Crippen LogP contribution in [0.1, 0.15) is 38.9 Å². The average molecular weight is 522 g/mol. The molecule has 0 aliphatic carbocycles. The number of guanidine groups is 1. The zero-order valence-corrected chi connectivity index (χ0v) is 19.9. The molecule has 1 aromatic heterocycles. The molecule has 2 rings (SSSR count). The van der Waals surface area contributed by atoms with Crippen molar-refractivity contribution in [3.05, 3.63) is 24.2 Å². The molecule has 1 aliphatic heterocycles. The van der Waals surface area contributed by atoms with Gasteiger partial charge < -0.3 is 29.4 Å². The van der Waals surface area contributed by atoms with Gasteiger partial charge in [-0.2, -0.15) is 0 Å². The molecule has 1 saturated heterocycles. The molecule has 1 aromatic rings. The van der Waals surface area contributed by atoms with E-state index in [4.69, 9.17) is 13.9 Å². The number of nitrogens with one attached hydrogen (secondary N) is 2. The lowest BCUT2D eigenvalue weighted by atomic mass is 10.1. The molecule has 0 unspecified atom stereocenters. The minimum atomic E-state index is -0.220. The molecule has 2 N–H and O–H groups in total. The van der Waals surface area contributed by atoms with Crippen LogP contribution in [0.15, 0.2) is 27.8 Å². The van der Waals surface area contributed by atoms with Crippen LogP contribution in [0, 0.1) is 0 Å². The Morgan fingerprint density at radius 3 is 2.76 bits per heavy atom. The maximum atomic E-state index is 11.8. The van der Waals surface area contributed by atoms with Crippen LogP contribution in [-0.4, -0.2) is 69.0 Å². The van der Waals surface area contributed by atoms with Crippen LogP contribution in [0.5, 0.6) is 0 Å². The van der Waals surface area contributed by atoms with Crippen molar-refractivity contribution in [2.24, 2.45) is 4.99 Å². The monoisotopic (exact) mass is 522 g/mol. The third-order valence-electron chi connectivity index (χ3n) is 4.53. The number of carbonyl (C=O) groups excluding carboxylic acids is 1. The number of hydrogen-bond acceptors (Lipinski definition) is 5. The van der Waals surface area contributed by atoms with E-state index >= 15 is 0 Å². The number of halogens is 1. The van der Waals surface area contributed by atoms with Crippen molar-refractivity contribution in [2.75, 3.05) is 46.0 Å². The third kappa shape index (κ3) is 10.2. The maximum absolute atomic E-state index is 11.8. The standard InChI is InChI=1S/C20H34N4O4.HI/c1-3-26-15-6-11-21-19(22-12-8-18-7-5-16-28-18)23-17-9-13-24(14-10-17)20(25)27-4-2;/h5,7,16-17H,3-4,6,8-15H2,1-2H3,(H2,21,22,23);1H. The maximum Gasteiger partial charge on any atom is 0.409 e. The Morgan fingerprint density at radius 1 is 1.31 bits per heavy atom. The van der Waals surface area contributed by atoms with Crippen LogP contribution in [0.2, 0.25) is 0 Å². The number of nitrogens with zero attached hydrogens (tertiary/aromatic N) is 2. The molecule has 0 atom stereocenters. The summed E-state index contributed by atoms with van der Waals surface area (Å²) in [5.74, 6) is 1.75. The zero-order chi connectivity index (χ0) is 20.0. The van der Waals surface area contributed by atoms with Crippen molar-refractivity contribution >= 4 is 36.0 Å². The Labute approximate surface area is 190 Å². The van der Waals surface area contributed by atoms with Crippen molar-refractivity contribution in [3.8, 4) is 0 Å². The molecule has 2 heterocycles. The fourth-order valence-corrected chi connectivity index (χ4v) is 3.03. The van der Waals surface area contributed by atoms with Gasteiger partial charge in [0.05, 0.1) is 12.9 Å².